The van der Waals surface area contributed by atoms with E-state index >= 15 is 0 Å². The second kappa shape index (κ2) is 5.27. The predicted molar refractivity (Wildman–Crippen MR) is 61.3 cm³/mol. The second-order valence-corrected chi connectivity index (χ2v) is 4.18. The van der Waals surface area contributed by atoms with Crippen LogP contribution in [0.5, 0.6) is 5.75 Å². The molecule has 1 aliphatic rings. The summed E-state index contributed by atoms with van der Waals surface area (Å²) in [7, 11) is 0. The molecule has 1 aromatic rings. The highest BCUT2D eigenvalue weighted by molar-refractivity contribution is 5.32. The average Bonchev–Trinajstić information content (AvgIpc) is 2.79. The topological polar surface area (TPSA) is 57.4 Å². The van der Waals surface area contributed by atoms with Gasteiger partial charge in [-0.25, -0.2) is 0 Å². The van der Waals surface area contributed by atoms with Crippen molar-refractivity contribution in [3.8, 4) is 5.75 Å². The molecule has 0 aliphatic carbocycles. The first kappa shape index (κ1) is 11.4. The third-order valence-corrected chi connectivity index (χ3v) is 2.80. The van der Waals surface area contributed by atoms with E-state index in [-0.39, 0.29) is 0 Å². The number of hydrogen-bond acceptors (Lipinski definition) is 4. The maximum Gasteiger partial charge on any atom is 0.127 e. The van der Waals surface area contributed by atoms with E-state index in [0.717, 1.165) is 36.6 Å². The van der Waals surface area contributed by atoms with Gasteiger partial charge in [-0.15, -0.1) is 0 Å². The Hall–Kier alpha value is -1.13. The largest absolute Gasteiger partial charge is 0.493 e. The zero-order chi connectivity index (χ0) is 11.4. The van der Waals surface area contributed by atoms with Gasteiger partial charge in [0.25, 0.3) is 0 Å². The normalized spacial score (nSPS) is 20.0. The first-order chi connectivity index (χ1) is 7.79. The lowest BCUT2D eigenvalue weighted by molar-refractivity contribution is 0.166. The highest BCUT2D eigenvalue weighted by Gasteiger charge is 2.16. The Bertz CT molecular complexity index is 349. The van der Waals surface area contributed by atoms with Crippen LogP contribution in [0.15, 0.2) is 12.3 Å². The number of aromatic nitrogens is 1. The van der Waals surface area contributed by atoms with Gasteiger partial charge in [0.15, 0.2) is 0 Å². The Morgan fingerprint density at radius 2 is 2.50 bits per heavy atom. The monoisotopic (exact) mass is 222 g/mol. The molecule has 0 bridgehead atoms. The fourth-order valence-corrected chi connectivity index (χ4v) is 1.77. The fraction of sp³-hybridized carbons (Fsp3) is 0.583. The number of aryl methyl sites for hydroxylation is 1. The molecular weight excluding hydrogens is 204 g/mol. The minimum absolute atomic E-state index is 0.462. The Labute approximate surface area is 95.8 Å². The zero-order valence-electron chi connectivity index (χ0n) is 9.61. The van der Waals surface area contributed by atoms with Gasteiger partial charge in [-0.3, -0.25) is 4.98 Å². The standard InChI is InChI=1S/C12H18N2O2/c1-9-4-12(11(5-13)6-14-9)16-8-10-2-3-15-7-10/h4,6,10H,2-3,5,7-8,13H2,1H3. The number of hydrogen-bond donors (Lipinski definition) is 1. The summed E-state index contributed by atoms with van der Waals surface area (Å²) in [5, 5.41) is 0. The van der Waals surface area contributed by atoms with Gasteiger partial charge in [0.2, 0.25) is 0 Å². The van der Waals surface area contributed by atoms with Gasteiger partial charge in [-0.2, -0.15) is 0 Å². The molecule has 88 valence electrons. The molecular formula is C12H18N2O2. The van der Waals surface area contributed by atoms with Crippen molar-refractivity contribution >= 4 is 0 Å². The SMILES string of the molecule is Cc1cc(OCC2CCOC2)c(CN)cn1. The minimum Gasteiger partial charge on any atom is -0.493 e. The van der Waals surface area contributed by atoms with Crippen molar-refractivity contribution < 1.29 is 9.47 Å². The van der Waals surface area contributed by atoms with Crippen LogP contribution in [0.1, 0.15) is 17.7 Å². The van der Waals surface area contributed by atoms with E-state index in [1.54, 1.807) is 6.20 Å². The Kier molecular flexibility index (Phi) is 3.74. The number of rotatable bonds is 4. The molecule has 4 heteroatoms. The molecule has 4 nitrogen and oxygen atoms in total. The van der Waals surface area contributed by atoms with Crippen LogP contribution < -0.4 is 10.5 Å². The summed E-state index contributed by atoms with van der Waals surface area (Å²) in [6, 6.07) is 1.94. The van der Waals surface area contributed by atoms with Gasteiger partial charge in [-0.1, -0.05) is 0 Å². The molecule has 0 radical (unpaired) electrons. The highest BCUT2D eigenvalue weighted by atomic mass is 16.5. The fourth-order valence-electron chi connectivity index (χ4n) is 1.77. The van der Waals surface area contributed by atoms with Crippen molar-refractivity contribution in [2.24, 2.45) is 11.7 Å². The van der Waals surface area contributed by atoms with E-state index in [0.29, 0.717) is 19.1 Å². The van der Waals surface area contributed by atoms with Crippen LogP contribution in [0.3, 0.4) is 0 Å². The zero-order valence-corrected chi connectivity index (χ0v) is 9.61. The van der Waals surface area contributed by atoms with Crippen molar-refractivity contribution in [1.82, 2.24) is 4.98 Å². The summed E-state index contributed by atoms with van der Waals surface area (Å²) in [6.07, 6.45) is 2.87. The lowest BCUT2D eigenvalue weighted by atomic mass is 10.1. The van der Waals surface area contributed by atoms with Crippen molar-refractivity contribution in [1.29, 1.82) is 0 Å². The van der Waals surface area contributed by atoms with E-state index in [1.807, 2.05) is 13.0 Å². The van der Waals surface area contributed by atoms with Crippen molar-refractivity contribution in [2.45, 2.75) is 19.9 Å². The number of pyridine rings is 1. The number of ether oxygens (including phenoxy) is 2. The molecule has 1 saturated heterocycles. The third kappa shape index (κ3) is 2.71. The van der Waals surface area contributed by atoms with Crippen molar-refractivity contribution in [2.75, 3.05) is 19.8 Å². The van der Waals surface area contributed by atoms with Crippen LogP contribution in [0.25, 0.3) is 0 Å². The summed E-state index contributed by atoms with van der Waals surface area (Å²) in [5.41, 5.74) is 7.56. The molecule has 0 saturated carbocycles. The van der Waals surface area contributed by atoms with E-state index < -0.39 is 0 Å². The molecule has 2 rings (SSSR count). The summed E-state index contributed by atoms with van der Waals surface area (Å²) >= 11 is 0. The molecule has 2 heterocycles. The molecule has 0 aromatic carbocycles. The quantitative estimate of drug-likeness (QED) is 0.833. The first-order valence-electron chi connectivity index (χ1n) is 5.65. The van der Waals surface area contributed by atoms with Crippen molar-refractivity contribution in [3.63, 3.8) is 0 Å². The third-order valence-electron chi connectivity index (χ3n) is 2.80. The van der Waals surface area contributed by atoms with Gasteiger partial charge in [-0.05, 0) is 13.3 Å². The van der Waals surface area contributed by atoms with Crippen LogP contribution >= 0.6 is 0 Å². The van der Waals surface area contributed by atoms with Crippen LogP contribution in [0.2, 0.25) is 0 Å². The summed E-state index contributed by atoms with van der Waals surface area (Å²) in [6.45, 7) is 4.78. The van der Waals surface area contributed by atoms with E-state index in [4.69, 9.17) is 15.2 Å². The smallest absolute Gasteiger partial charge is 0.127 e. The maximum absolute atomic E-state index is 5.79. The van der Waals surface area contributed by atoms with Crippen LogP contribution in [0.4, 0.5) is 0 Å². The molecule has 1 fully saturated rings. The highest BCUT2D eigenvalue weighted by Crippen LogP contribution is 2.20. The van der Waals surface area contributed by atoms with Gasteiger partial charge in [0.1, 0.15) is 5.75 Å². The van der Waals surface area contributed by atoms with Gasteiger partial charge >= 0.3 is 0 Å². The molecule has 1 aliphatic heterocycles. The lowest BCUT2D eigenvalue weighted by Gasteiger charge is -2.13. The second-order valence-electron chi connectivity index (χ2n) is 4.18. The minimum atomic E-state index is 0.462. The van der Waals surface area contributed by atoms with Crippen LogP contribution in [-0.2, 0) is 11.3 Å². The van der Waals surface area contributed by atoms with Crippen LogP contribution in [-0.4, -0.2) is 24.8 Å². The predicted octanol–water partition coefficient (Wildman–Crippen LogP) is 1.26. The van der Waals surface area contributed by atoms with E-state index in [1.165, 1.54) is 0 Å². The number of nitrogens with two attached hydrogens (primary N) is 1. The Morgan fingerprint density at radius 3 is 3.19 bits per heavy atom. The summed E-state index contributed by atoms with van der Waals surface area (Å²) < 4.78 is 11.1. The van der Waals surface area contributed by atoms with Gasteiger partial charge in [0, 0.05) is 42.6 Å². The van der Waals surface area contributed by atoms with Crippen molar-refractivity contribution in [3.05, 3.63) is 23.5 Å². The molecule has 0 amide bonds. The lowest BCUT2D eigenvalue weighted by Crippen LogP contribution is -2.13. The molecule has 0 spiro atoms. The molecule has 1 aromatic heterocycles. The van der Waals surface area contributed by atoms with E-state index in [2.05, 4.69) is 4.98 Å². The van der Waals surface area contributed by atoms with Gasteiger partial charge in [0.05, 0.1) is 13.2 Å². The summed E-state index contributed by atoms with van der Waals surface area (Å²) in [5.74, 6) is 1.38. The summed E-state index contributed by atoms with van der Waals surface area (Å²) in [4.78, 5) is 4.21. The molecule has 2 N–H and O–H groups in total. The number of nitrogens with zero attached hydrogens (tertiary/aromatic N) is 1. The molecule has 1 unspecified atom stereocenters. The average molecular weight is 222 g/mol. The Morgan fingerprint density at radius 1 is 1.62 bits per heavy atom. The first-order valence-corrected chi connectivity index (χ1v) is 5.65. The van der Waals surface area contributed by atoms with E-state index in [9.17, 15) is 0 Å². The van der Waals surface area contributed by atoms with Crippen LogP contribution in [0, 0.1) is 12.8 Å². The Balaban J connectivity index is 1.98. The van der Waals surface area contributed by atoms with Gasteiger partial charge < -0.3 is 15.2 Å². The molecule has 16 heavy (non-hydrogen) atoms. The molecule has 1 atom stereocenters. The maximum atomic E-state index is 5.79.